The molecule has 4 nitrogen and oxygen atoms in total. The Balaban J connectivity index is 1.88. The number of nitrogens with one attached hydrogen (secondary N) is 2. The Bertz CT molecular complexity index is 905. The van der Waals surface area contributed by atoms with Crippen LogP contribution in [0.4, 0.5) is 36.3 Å². The lowest BCUT2D eigenvalue weighted by molar-refractivity contribution is -0.136. The van der Waals surface area contributed by atoms with Crippen LogP contribution in [0.3, 0.4) is 0 Å². The molecular weight excluding hydrogens is 341 g/mol. The summed E-state index contributed by atoms with van der Waals surface area (Å²) >= 11 is 0. The lowest BCUT2D eigenvalue weighted by Gasteiger charge is -2.15. The molecule has 0 aliphatic rings. The third kappa shape index (κ3) is 4.30. The van der Waals surface area contributed by atoms with Crippen molar-refractivity contribution in [1.82, 2.24) is 9.97 Å². The first-order valence-electron chi connectivity index (χ1n) is 7.94. The van der Waals surface area contributed by atoms with Crippen LogP contribution < -0.4 is 10.6 Å². The van der Waals surface area contributed by atoms with Crippen molar-refractivity contribution in [2.75, 3.05) is 10.6 Å². The number of halogens is 3. The lowest BCUT2D eigenvalue weighted by Crippen LogP contribution is -2.09. The van der Waals surface area contributed by atoms with Crippen LogP contribution in [0.2, 0.25) is 0 Å². The highest BCUT2D eigenvalue weighted by molar-refractivity contribution is 5.63. The van der Waals surface area contributed by atoms with Crippen LogP contribution in [0.5, 0.6) is 0 Å². The van der Waals surface area contributed by atoms with Crippen molar-refractivity contribution < 1.29 is 13.2 Å². The van der Waals surface area contributed by atoms with Crippen LogP contribution in [-0.2, 0) is 6.18 Å². The summed E-state index contributed by atoms with van der Waals surface area (Å²) in [6.07, 6.45) is -4.45. The van der Waals surface area contributed by atoms with Crippen molar-refractivity contribution in [3.8, 4) is 0 Å². The van der Waals surface area contributed by atoms with Gasteiger partial charge < -0.3 is 10.6 Å². The average Bonchev–Trinajstić information content (AvgIpc) is 2.56. The number of hydrogen-bond donors (Lipinski definition) is 2. The molecule has 0 spiro atoms. The summed E-state index contributed by atoms with van der Waals surface area (Å²) in [7, 11) is 0. The first-order chi connectivity index (χ1) is 12.3. The minimum Gasteiger partial charge on any atom is -0.340 e. The largest absolute Gasteiger partial charge is 0.418 e. The molecule has 1 heterocycles. The minimum absolute atomic E-state index is 0.0561. The van der Waals surface area contributed by atoms with Gasteiger partial charge in [0.15, 0.2) is 0 Å². The summed E-state index contributed by atoms with van der Waals surface area (Å²) in [6.45, 7) is 3.73. The molecule has 0 aliphatic heterocycles. The van der Waals surface area contributed by atoms with E-state index in [-0.39, 0.29) is 11.5 Å². The van der Waals surface area contributed by atoms with Gasteiger partial charge in [0, 0.05) is 17.4 Å². The van der Waals surface area contributed by atoms with Gasteiger partial charge in [-0.05, 0) is 38.1 Å². The number of benzene rings is 2. The van der Waals surface area contributed by atoms with Crippen LogP contribution in [0.25, 0.3) is 0 Å². The van der Waals surface area contributed by atoms with Crippen molar-refractivity contribution in [1.29, 1.82) is 0 Å². The Morgan fingerprint density at radius 1 is 0.846 bits per heavy atom. The second-order valence-electron chi connectivity index (χ2n) is 5.88. The standard InChI is InChI=1S/C19H17F3N4/c1-12-7-9-14(10-8-12)24-18-23-13(2)11-17(26-18)25-16-6-4-3-5-15(16)19(20,21)22/h3-11H,1-2H3,(H2,23,24,25,26). The van der Waals surface area contributed by atoms with Gasteiger partial charge in [-0.3, -0.25) is 0 Å². The van der Waals surface area contributed by atoms with Gasteiger partial charge in [-0.25, -0.2) is 4.98 Å². The molecule has 1 aromatic heterocycles. The number of aryl methyl sites for hydroxylation is 2. The van der Waals surface area contributed by atoms with E-state index < -0.39 is 11.7 Å². The third-order valence-corrected chi connectivity index (χ3v) is 3.66. The quantitative estimate of drug-likeness (QED) is 0.637. The van der Waals surface area contributed by atoms with Crippen LogP contribution in [0.15, 0.2) is 54.6 Å². The van der Waals surface area contributed by atoms with Crippen LogP contribution in [0.1, 0.15) is 16.8 Å². The zero-order valence-corrected chi connectivity index (χ0v) is 14.2. The number of rotatable bonds is 4. The Morgan fingerprint density at radius 3 is 2.23 bits per heavy atom. The van der Waals surface area contributed by atoms with E-state index in [1.165, 1.54) is 18.2 Å². The molecule has 3 aromatic rings. The number of alkyl halides is 3. The summed E-state index contributed by atoms with van der Waals surface area (Å²) in [4.78, 5) is 8.55. The van der Waals surface area contributed by atoms with E-state index in [0.717, 1.165) is 17.3 Å². The number of hydrogen-bond acceptors (Lipinski definition) is 4. The first-order valence-corrected chi connectivity index (χ1v) is 7.94. The normalized spacial score (nSPS) is 11.3. The summed E-state index contributed by atoms with van der Waals surface area (Å²) in [5.74, 6) is 0.588. The maximum Gasteiger partial charge on any atom is 0.418 e. The molecule has 26 heavy (non-hydrogen) atoms. The molecule has 3 rings (SSSR count). The van der Waals surface area contributed by atoms with Crippen molar-refractivity contribution in [2.24, 2.45) is 0 Å². The fourth-order valence-corrected chi connectivity index (χ4v) is 2.43. The summed E-state index contributed by atoms with van der Waals surface area (Å²) in [5, 5.41) is 5.80. The topological polar surface area (TPSA) is 49.8 Å². The molecule has 0 radical (unpaired) electrons. The molecule has 2 aromatic carbocycles. The van der Waals surface area contributed by atoms with Crippen molar-refractivity contribution in [3.63, 3.8) is 0 Å². The Kier molecular flexibility index (Phi) is 4.79. The van der Waals surface area contributed by atoms with E-state index in [9.17, 15) is 13.2 Å². The van der Waals surface area contributed by atoms with Gasteiger partial charge in [0.05, 0.1) is 11.3 Å². The molecule has 0 saturated carbocycles. The second-order valence-corrected chi connectivity index (χ2v) is 5.88. The number of aromatic nitrogens is 2. The zero-order valence-electron chi connectivity index (χ0n) is 14.2. The van der Waals surface area contributed by atoms with Gasteiger partial charge in [0.25, 0.3) is 0 Å². The first kappa shape index (κ1) is 17.7. The smallest absolute Gasteiger partial charge is 0.340 e. The van der Waals surface area contributed by atoms with Crippen molar-refractivity contribution >= 4 is 23.1 Å². The highest BCUT2D eigenvalue weighted by Gasteiger charge is 2.33. The highest BCUT2D eigenvalue weighted by Crippen LogP contribution is 2.35. The maximum absolute atomic E-state index is 13.1. The van der Waals surface area contributed by atoms with Crippen molar-refractivity contribution in [3.05, 3.63) is 71.4 Å². The van der Waals surface area contributed by atoms with Gasteiger partial charge in [-0.2, -0.15) is 18.2 Å². The van der Waals surface area contributed by atoms with E-state index in [1.54, 1.807) is 13.0 Å². The average molecular weight is 358 g/mol. The molecule has 0 atom stereocenters. The fourth-order valence-electron chi connectivity index (χ4n) is 2.43. The number of anilines is 4. The fraction of sp³-hybridized carbons (Fsp3) is 0.158. The minimum atomic E-state index is -4.45. The van der Waals surface area contributed by atoms with Gasteiger partial charge in [0.2, 0.25) is 5.95 Å². The summed E-state index contributed by atoms with van der Waals surface area (Å²) < 4.78 is 39.4. The van der Waals surface area contributed by atoms with Crippen molar-refractivity contribution in [2.45, 2.75) is 20.0 Å². The number of para-hydroxylation sites is 1. The highest BCUT2D eigenvalue weighted by atomic mass is 19.4. The molecule has 0 bridgehead atoms. The molecule has 7 heteroatoms. The zero-order chi connectivity index (χ0) is 18.7. The van der Waals surface area contributed by atoms with E-state index in [1.807, 2.05) is 31.2 Å². The third-order valence-electron chi connectivity index (χ3n) is 3.66. The summed E-state index contributed by atoms with van der Waals surface area (Å²) in [6, 6.07) is 14.5. The predicted octanol–water partition coefficient (Wildman–Crippen LogP) is 5.60. The molecule has 0 unspecified atom stereocenters. The van der Waals surface area contributed by atoms with E-state index >= 15 is 0 Å². The second kappa shape index (κ2) is 7.03. The Labute approximate surface area is 149 Å². The molecule has 0 saturated heterocycles. The monoisotopic (exact) mass is 358 g/mol. The SMILES string of the molecule is Cc1ccc(Nc2nc(C)cc(Nc3ccccc3C(F)(F)F)n2)cc1. The van der Waals surface area contributed by atoms with Gasteiger partial charge in [0.1, 0.15) is 5.82 Å². The summed E-state index contributed by atoms with van der Waals surface area (Å²) in [5.41, 5.74) is 1.74. The van der Waals surface area contributed by atoms with Crippen LogP contribution in [-0.4, -0.2) is 9.97 Å². The predicted molar refractivity (Wildman–Crippen MR) is 96.0 cm³/mol. The van der Waals surface area contributed by atoms with Gasteiger partial charge in [-0.15, -0.1) is 0 Å². The van der Waals surface area contributed by atoms with Crippen LogP contribution in [0, 0.1) is 13.8 Å². The molecule has 0 aliphatic carbocycles. The molecule has 0 amide bonds. The van der Waals surface area contributed by atoms with Gasteiger partial charge in [-0.1, -0.05) is 29.8 Å². The van der Waals surface area contributed by atoms with E-state index in [0.29, 0.717) is 11.6 Å². The molecule has 134 valence electrons. The maximum atomic E-state index is 13.1. The molecule has 2 N–H and O–H groups in total. The van der Waals surface area contributed by atoms with E-state index in [2.05, 4.69) is 20.6 Å². The number of nitrogens with zero attached hydrogens (tertiary/aromatic N) is 2. The lowest BCUT2D eigenvalue weighted by atomic mass is 10.1. The Morgan fingerprint density at radius 2 is 1.54 bits per heavy atom. The van der Waals surface area contributed by atoms with E-state index in [4.69, 9.17) is 0 Å². The van der Waals surface area contributed by atoms with Gasteiger partial charge >= 0.3 is 6.18 Å². The molecule has 0 fully saturated rings. The van der Waals surface area contributed by atoms with Crippen LogP contribution >= 0.6 is 0 Å². The molecular formula is C19H17F3N4. The Hall–Kier alpha value is -3.09.